The second-order valence-corrected chi connectivity index (χ2v) is 7.07. The molecule has 2 aromatic rings. The Kier molecular flexibility index (Phi) is 2.92. The molecule has 0 atom stereocenters. The first kappa shape index (κ1) is 12.5. The number of carbonyl (C=O) groups excluding carboxylic acids is 1. The number of hydrogen-bond acceptors (Lipinski definition) is 5. The summed E-state index contributed by atoms with van der Waals surface area (Å²) in [5, 5.41) is 3.03. The van der Waals surface area contributed by atoms with Crippen molar-refractivity contribution in [2.75, 3.05) is 24.7 Å². The number of fused-ring (bicyclic) bond motifs is 1. The van der Waals surface area contributed by atoms with E-state index in [1.54, 1.807) is 17.7 Å². The molecule has 4 rings (SSSR count). The van der Waals surface area contributed by atoms with Crippen molar-refractivity contribution in [1.82, 2.24) is 14.9 Å². The number of thiophene rings is 1. The van der Waals surface area contributed by atoms with Gasteiger partial charge < -0.3 is 9.80 Å². The van der Waals surface area contributed by atoms with E-state index >= 15 is 0 Å². The Hall–Kier alpha value is -1.21. The first-order valence-corrected chi connectivity index (χ1v) is 8.30. The van der Waals surface area contributed by atoms with Crippen molar-refractivity contribution in [1.29, 1.82) is 0 Å². The summed E-state index contributed by atoms with van der Waals surface area (Å²) < 4.78 is 1.00. The van der Waals surface area contributed by atoms with Crippen LogP contribution in [0.15, 0.2) is 16.2 Å². The summed E-state index contributed by atoms with van der Waals surface area (Å²) in [5.74, 6) is 1.78. The third-order valence-electron chi connectivity index (χ3n) is 3.80. The molecule has 0 aromatic carbocycles. The predicted molar refractivity (Wildman–Crippen MR) is 81.8 cm³/mol. The number of halogens is 1. The molecule has 0 unspecified atom stereocenters. The number of rotatable bonds is 3. The van der Waals surface area contributed by atoms with Crippen LogP contribution in [-0.4, -0.2) is 40.5 Å². The van der Waals surface area contributed by atoms with Gasteiger partial charge in [-0.3, -0.25) is 4.79 Å². The highest BCUT2D eigenvalue weighted by Gasteiger charge is 2.34. The Morgan fingerprint density at radius 1 is 1.40 bits per heavy atom. The van der Waals surface area contributed by atoms with Gasteiger partial charge >= 0.3 is 0 Å². The molecular formula is C13H13BrN4OS. The van der Waals surface area contributed by atoms with Gasteiger partial charge in [0.1, 0.15) is 23.5 Å². The van der Waals surface area contributed by atoms with Crippen LogP contribution in [0.3, 0.4) is 0 Å². The fraction of sp³-hybridized carbons (Fsp3) is 0.462. The fourth-order valence-electron chi connectivity index (χ4n) is 2.58. The summed E-state index contributed by atoms with van der Waals surface area (Å²) in [6.07, 6.45) is 4.10. The van der Waals surface area contributed by atoms with E-state index in [1.807, 2.05) is 15.2 Å². The van der Waals surface area contributed by atoms with E-state index in [4.69, 9.17) is 0 Å². The van der Waals surface area contributed by atoms with Crippen molar-refractivity contribution in [2.24, 2.45) is 5.92 Å². The second kappa shape index (κ2) is 4.66. The molecule has 2 aromatic heterocycles. The molecule has 2 fully saturated rings. The first-order chi connectivity index (χ1) is 9.72. The number of hydrogen-bond donors (Lipinski definition) is 0. The number of amides is 1. The van der Waals surface area contributed by atoms with Crippen LogP contribution in [0.5, 0.6) is 0 Å². The van der Waals surface area contributed by atoms with Gasteiger partial charge in [-0.25, -0.2) is 9.97 Å². The van der Waals surface area contributed by atoms with E-state index in [0.29, 0.717) is 13.2 Å². The lowest BCUT2D eigenvalue weighted by atomic mass is 10.3. The molecule has 2 aliphatic rings. The van der Waals surface area contributed by atoms with Crippen molar-refractivity contribution in [3.63, 3.8) is 0 Å². The van der Waals surface area contributed by atoms with E-state index in [-0.39, 0.29) is 5.91 Å². The Bertz CT molecular complexity index is 684. The molecule has 0 N–H and O–H groups in total. The summed E-state index contributed by atoms with van der Waals surface area (Å²) >= 11 is 5.14. The zero-order chi connectivity index (χ0) is 13.7. The summed E-state index contributed by atoms with van der Waals surface area (Å²) in [6.45, 7) is 1.96. The molecule has 0 radical (unpaired) electrons. The van der Waals surface area contributed by atoms with Crippen LogP contribution in [0.2, 0.25) is 0 Å². The highest BCUT2D eigenvalue weighted by atomic mass is 79.9. The Morgan fingerprint density at radius 2 is 2.25 bits per heavy atom. The maximum Gasteiger partial charge on any atom is 0.243 e. The second-order valence-electron chi connectivity index (χ2n) is 5.36. The lowest BCUT2D eigenvalue weighted by molar-refractivity contribution is -0.126. The van der Waals surface area contributed by atoms with Crippen LogP contribution in [0, 0.1) is 5.92 Å². The normalized spacial score (nSPS) is 19.4. The Balaban J connectivity index is 1.66. The van der Waals surface area contributed by atoms with Crippen LogP contribution >= 0.6 is 27.3 Å². The number of nitrogens with zero attached hydrogens (tertiary/aromatic N) is 4. The monoisotopic (exact) mass is 352 g/mol. The van der Waals surface area contributed by atoms with Crippen molar-refractivity contribution < 1.29 is 4.79 Å². The van der Waals surface area contributed by atoms with Gasteiger partial charge in [-0.05, 0) is 34.7 Å². The van der Waals surface area contributed by atoms with Gasteiger partial charge in [-0.15, -0.1) is 11.3 Å². The maximum absolute atomic E-state index is 12.1. The van der Waals surface area contributed by atoms with Gasteiger partial charge in [0, 0.05) is 16.4 Å². The quantitative estimate of drug-likeness (QED) is 0.851. The van der Waals surface area contributed by atoms with Crippen LogP contribution < -0.4 is 4.90 Å². The minimum atomic E-state index is 0.204. The lowest BCUT2D eigenvalue weighted by Gasteiger charge is -2.19. The van der Waals surface area contributed by atoms with Crippen LogP contribution in [-0.2, 0) is 4.79 Å². The molecule has 5 nitrogen and oxygen atoms in total. The van der Waals surface area contributed by atoms with Gasteiger partial charge in [0.15, 0.2) is 0 Å². The van der Waals surface area contributed by atoms with E-state index in [0.717, 1.165) is 33.0 Å². The molecule has 7 heteroatoms. The van der Waals surface area contributed by atoms with Crippen molar-refractivity contribution in [3.8, 4) is 0 Å². The number of anilines is 1. The molecule has 104 valence electrons. The molecule has 1 saturated heterocycles. The van der Waals surface area contributed by atoms with Gasteiger partial charge in [0.25, 0.3) is 0 Å². The molecule has 0 bridgehead atoms. The third-order valence-corrected chi connectivity index (χ3v) is 5.62. The minimum Gasteiger partial charge on any atom is -0.329 e. The summed E-state index contributed by atoms with van der Waals surface area (Å²) in [4.78, 5) is 25.7. The van der Waals surface area contributed by atoms with Crippen LogP contribution in [0.1, 0.15) is 12.8 Å². The van der Waals surface area contributed by atoms with Crippen molar-refractivity contribution in [2.45, 2.75) is 12.8 Å². The average molecular weight is 353 g/mol. The molecule has 1 aliphatic carbocycles. The summed E-state index contributed by atoms with van der Waals surface area (Å²) in [7, 11) is 0. The van der Waals surface area contributed by atoms with Crippen molar-refractivity contribution >= 4 is 49.2 Å². The van der Waals surface area contributed by atoms with Crippen molar-refractivity contribution in [3.05, 3.63) is 16.2 Å². The first-order valence-electron chi connectivity index (χ1n) is 6.63. The molecule has 0 spiro atoms. The average Bonchev–Trinajstić information content (AvgIpc) is 3.08. The topological polar surface area (TPSA) is 49.3 Å². The van der Waals surface area contributed by atoms with E-state index in [9.17, 15) is 4.79 Å². The van der Waals surface area contributed by atoms with Gasteiger partial charge in [0.2, 0.25) is 5.91 Å². The molecule has 1 amide bonds. The zero-order valence-electron chi connectivity index (χ0n) is 10.8. The Labute approximate surface area is 128 Å². The molecule has 3 heterocycles. The van der Waals surface area contributed by atoms with E-state index < -0.39 is 0 Å². The van der Waals surface area contributed by atoms with E-state index in [1.165, 1.54) is 12.8 Å². The fourth-order valence-corrected chi connectivity index (χ4v) is 4.11. The number of aromatic nitrogens is 2. The molecular weight excluding hydrogens is 340 g/mol. The van der Waals surface area contributed by atoms with Crippen LogP contribution in [0.25, 0.3) is 10.2 Å². The minimum absolute atomic E-state index is 0.204. The Morgan fingerprint density at radius 3 is 3.05 bits per heavy atom. The predicted octanol–water partition coefficient (Wildman–Crippen LogP) is 2.47. The third kappa shape index (κ3) is 2.09. The van der Waals surface area contributed by atoms with Crippen LogP contribution in [0.4, 0.5) is 5.82 Å². The summed E-state index contributed by atoms with van der Waals surface area (Å²) in [6, 6.07) is 0. The van der Waals surface area contributed by atoms with Gasteiger partial charge in [-0.1, -0.05) is 0 Å². The molecule has 1 saturated carbocycles. The van der Waals surface area contributed by atoms with E-state index in [2.05, 4.69) is 25.9 Å². The standard InChI is InChI=1S/C13H13BrN4OS/c14-9-5-20-13-11(9)12(15-6-16-13)18-4-10(19)17(7-18)3-8-1-2-8/h5-6,8H,1-4,7H2. The van der Waals surface area contributed by atoms with Gasteiger partial charge in [0.05, 0.1) is 12.1 Å². The summed E-state index contributed by atoms with van der Waals surface area (Å²) in [5.41, 5.74) is 0. The zero-order valence-corrected chi connectivity index (χ0v) is 13.2. The molecule has 20 heavy (non-hydrogen) atoms. The van der Waals surface area contributed by atoms with Gasteiger partial charge in [-0.2, -0.15) is 0 Å². The maximum atomic E-state index is 12.1. The lowest BCUT2D eigenvalue weighted by Crippen LogP contribution is -2.29. The highest BCUT2D eigenvalue weighted by molar-refractivity contribution is 9.10. The highest BCUT2D eigenvalue weighted by Crippen LogP contribution is 2.36. The SMILES string of the molecule is O=C1CN(c2ncnc3scc(Br)c23)CN1CC1CC1. The molecule has 1 aliphatic heterocycles. The smallest absolute Gasteiger partial charge is 0.243 e. The number of carbonyl (C=O) groups is 1. The largest absolute Gasteiger partial charge is 0.329 e.